The summed E-state index contributed by atoms with van der Waals surface area (Å²) in [5.41, 5.74) is 0.767. The molecule has 0 fully saturated rings. The number of hydrogen-bond donors (Lipinski definition) is 0. The van der Waals surface area contributed by atoms with Crippen LogP contribution in [0.1, 0.15) is 22.8 Å². The molecule has 1 atom stereocenters. The van der Waals surface area contributed by atoms with Gasteiger partial charge in [-0.2, -0.15) is 5.26 Å². The second-order valence-electron chi connectivity index (χ2n) is 5.49. The van der Waals surface area contributed by atoms with Crippen LogP contribution in [0.25, 0.3) is 0 Å². The molecule has 140 valence electrons. The Labute approximate surface area is 157 Å². The lowest BCUT2D eigenvalue weighted by Gasteiger charge is -2.14. The molecule has 0 amide bonds. The van der Waals surface area contributed by atoms with E-state index in [1.807, 2.05) is 6.07 Å². The van der Waals surface area contributed by atoms with Crippen molar-refractivity contribution in [3.8, 4) is 23.3 Å². The highest BCUT2D eigenvalue weighted by molar-refractivity contribution is 6.00. The number of nitriles is 1. The van der Waals surface area contributed by atoms with Crippen LogP contribution < -0.4 is 14.2 Å². The minimum atomic E-state index is -0.913. The van der Waals surface area contributed by atoms with Crippen molar-refractivity contribution in [1.29, 1.82) is 5.26 Å². The highest BCUT2D eigenvalue weighted by atomic mass is 16.6. The van der Waals surface area contributed by atoms with Crippen LogP contribution in [0.4, 0.5) is 0 Å². The molecule has 0 aliphatic heterocycles. The van der Waals surface area contributed by atoms with Crippen molar-refractivity contribution in [2.24, 2.45) is 0 Å². The molecule has 0 aliphatic rings. The number of nitrogens with zero attached hydrogens (tertiary/aromatic N) is 1. The topological polar surface area (TPSA) is 94.9 Å². The lowest BCUT2D eigenvalue weighted by molar-refractivity contribution is -0.149. The molecule has 0 radical (unpaired) electrons. The number of hydrogen-bond acceptors (Lipinski definition) is 7. The largest absolute Gasteiger partial charge is 0.497 e. The first-order chi connectivity index (χ1) is 13.0. The molecule has 0 aromatic heterocycles. The number of methoxy groups -OCH3 is 2. The summed E-state index contributed by atoms with van der Waals surface area (Å²) >= 11 is 0. The SMILES string of the molecule is COc1ccc(C(=O)COC(=O)C(C)Oc2ccc(C#N)cc2)c(OC)c1. The number of carbonyl (C=O) groups excluding carboxylic acids is 2. The maximum absolute atomic E-state index is 12.3. The second-order valence-corrected chi connectivity index (χ2v) is 5.49. The zero-order valence-electron chi connectivity index (χ0n) is 15.2. The van der Waals surface area contributed by atoms with Gasteiger partial charge in [0.1, 0.15) is 17.2 Å². The van der Waals surface area contributed by atoms with Crippen LogP contribution in [0, 0.1) is 11.3 Å². The molecule has 0 N–H and O–H groups in total. The fraction of sp³-hybridized carbons (Fsp3) is 0.250. The minimum Gasteiger partial charge on any atom is -0.497 e. The van der Waals surface area contributed by atoms with E-state index >= 15 is 0 Å². The Morgan fingerprint density at radius 3 is 2.30 bits per heavy atom. The third kappa shape index (κ3) is 5.22. The molecule has 27 heavy (non-hydrogen) atoms. The van der Waals surface area contributed by atoms with Crippen LogP contribution in [-0.2, 0) is 9.53 Å². The summed E-state index contributed by atoms with van der Waals surface area (Å²) in [4.78, 5) is 24.4. The first-order valence-corrected chi connectivity index (χ1v) is 8.07. The van der Waals surface area contributed by atoms with Gasteiger partial charge in [-0.25, -0.2) is 4.79 Å². The van der Waals surface area contributed by atoms with Crippen LogP contribution in [0.3, 0.4) is 0 Å². The average Bonchev–Trinajstić information content (AvgIpc) is 2.71. The molecule has 1 unspecified atom stereocenters. The van der Waals surface area contributed by atoms with Crippen LogP contribution in [0.5, 0.6) is 17.2 Å². The van der Waals surface area contributed by atoms with Gasteiger partial charge in [0.2, 0.25) is 5.78 Å². The number of ketones is 1. The van der Waals surface area contributed by atoms with E-state index in [-0.39, 0.29) is 5.56 Å². The number of Topliss-reactive ketones (excluding diaryl/α,β-unsaturated/α-hetero) is 1. The van der Waals surface area contributed by atoms with Crippen molar-refractivity contribution in [3.05, 3.63) is 53.6 Å². The predicted octanol–water partition coefficient (Wildman–Crippen LogP) is 2.77. The lowest BCUT2D eigenvalue weighted by atomic mass is 10.1. The zero-order chi connectivity index (χ0) is 19.8. The molecular weight excluding hydrogens is 350 g/mol. The van der Waals surface area contributed by atoms with E-state index in [1.54, 1.807) is 42.5 Å². The van der Waals surface area contributed by atoms with Gasteiger partial charge in [-0.1, -0.05) is 0 Å². The van der Waals surface area contributed by atoms with Crippen LogP contribution >= 0.6 is 0 Å². The molecule has 2 aromatic carbocycles. The summed E-state index contributed by atoms with van der Waals surface area (Å²) in [7, 11) is 2.94. The first kappa shape index (κ1) is 19.8. The van der Waals surface area contributed by atoms with Crippen molar-refractivity contribution in [2.75, 3.05) is 20.8 Å². The van der Waals surface area contributed by atoms with E-state index < -0.39 is 24.5 Å². The minimum absolute atomic E-state index is 0.284. The van der Waals surface area contributed by atoms with Gasteiger partial charge in [0.25, 0.3) is 0 Å². The Morgan fingerprint density at radius 1 is 1.04 bits per heavy atom. The summed E-state index contributed by atoms with van der Waals surface area (Å²) in [5.74, 6) is 0.206. The normalized spacial score (nSPS) is 11.0. The summed E-state index contributed by atoms with van der Waals surface area (Å²) in [6.45, 7) is 1.07. The van der Waals surface area contributed by atoms with Crippen LogP contribution in [-0.4, -0.2) is 38.7 Å². The maximum Gasteiger partial charge on any atom is 0.347 e. The van der Waals surface area contributed by atoms with Crippen LogP contribution in [0.15, 0.2) is 42.5 Å². The van der Waals surface area contributed by atoms with Gasteiger partial charge < -0.3 is 18.9 Å². The van der Waals surface area contributed by atoms with Gasteiger partial charge >= 0.3 is 5.97 Å². The monoisotopic (exact) mass is 369 g/mol. The van der Waals surface area contributed by atoms with Crippen molar-refractivity contribution in [3.63, 3.8) is 0 Å². The third-order valence-electron chi connectivity index (χ3n) is 3.68. The van der Waals surface area contributed by atoms with Crippen LogP contribution in [0.2, 0.25) is 0 Å². The van der Waals surface area contributed by atoms with Crippen molar-refractivity contribution in [1.82, 2.24) is 0 Å². The predicted molar refractivity (Wildman–Crippen MR) is 96.1 cm³/mol. The molecule has 0 bridgehead atoms. The van der Waals surface area contributed by atoms with Gasteiger partial charge in [-0.15, -0.1) is 0 Å². The van der Waals surface area contributed by atoms with E-state index in [4.69, 9.17) is 24.2 Å². The van der Waals surface area contributed by atoms with Crippen molar-refractivity contribution >= 4 is 11.8 Å². The molecule has 0 spiro atoms. The van der Waals surface area contributed by atoms with Gasteiger partial charge in [0.15, 0.2) is 12.7 Å². The number of esters is 1. The smallest absolute Gasteiger partial charge is 0.347 e. The Morgan fingerprint density at radius 2 is 1.70 bits per heavy atom. The van der Waals surface area contributed by atoms with Crippen molar-refractivity contribution in [2.45, 2.75) is 13.0 Å². The first-order valence-electron chi connectivity index (χ1n) is 8.07. The summed E-state index contributed by atoms with van der Waals surface area (Å²) in [6.07, 6.45) is -0.913. The fourth-order valence-electron chi connectivity index (χ4n) is 2.22. The van der Waals surface area contributed by atoms with Gasteiger partial charge in [-0.3, -0.25) is 4.79 Å². The van der Waals surface area contributed by atoms with Gasteiger partial charge in [0.05, 0.1) is 31.4 Å². The van der Waals surface area contributed by atoms with Gasteiger partial charge in [0, 0.05) is 6.07 Å². The number of rotatable bonds is 8. The molecule has 0 aliphatic carbocycles. The maximum atomic E-state index is 12.3. The third-order valence-corrected chi connectivity index (χ3v) is 3.68. The Balaban J connectivity index is 1.94. The average molecular weight is 369 g/mol. The molecule has 7 nitrogen and oxygen atoms in total. The Bertz CT molecular complexity index is 854. The van der Waals surface area contributed by atoms with E-state index in [0.29, 0.717) is 22.8 Å². The van der Waals surface area contributed by atoms with E-state index in [1.165, 1.54) is 21.1 Å². The lowest BCUT2D eigenvalue weighted by Crippen LogP contribution is -2.28. The molecule has 7 heteroatoms. The van der Waals surface area contributed by atoms with E-state index in [0.717, 1.165) is 0 Å². The molecule has 0 saturated heterocycles. The van der Waals surface area contributed by atoms with E-state index in [2.05, 4.69) is 0 Å². The highest BCUT2D eigenvalue weighted by Crippen LogP contribution is 2.25. The summed E-state index contributed by atoms with van der Waals surface area (Å²) < 4.78 is 20.7. The number of benzene rings is 2. The standard InChI is InChI=1S/C20H19NO6/c1-13(27-15-6-4-14(11-21)5-7-15)20(23)26-12-18(22)17-9-8-16(24-2)10-19(17)25-3/h4-10,13H,12H2,1-3H3. The number of ether oxygens (including phenoxy) is 4. The molecule has 0 heterocycles. The van der Waals surface area contributed by atoms with Gasteiger partial charge in [-0.05, 0) is 43.3 Å². The Kier molecular flexibility index (Phi) is 6.78. The summed E-state index contributed by atoms with van der Waals surface area (Å²) in [6, 6.07) is 13.0. The molecule has 0 saturated carbocycles. The fourth-order valence-corrected chi connectivity index (χ4v) is 2.22. The second kappa shape index (κ2) is 9.25. The molecule has 2 rings (SSSR count). The summed E-state index contributed by atoms with van der Waals surface area (Å²) in [5, 5.41) is 8.77. The molecular formula is C20H19NO6. The highest BCUT2D eigenvalue weighted by Gasteiger charge is 2.20. The quantitative estimate of drug-likeness (QED) is 0.521. The van der Waals surface area contributed by atoms with Crippen molar-refractivity contribution < 1.29 is 28.5 Å². The molecule has 2 aromatic rings. The zero-order valence-corrected chi connectivity index (χ0v) is 15.2. The Hall–Kier alpha value is -3.53. The van der Waals surface area contributed by atoms with E-state index in [9.17, 15) is 9.59 Å². The number of carbonyl (C=O) groups is 2.